The lowest BCUT2D eigenvalue weighted by Gasteiger charge is -2.03. The van der Waals surface area contributed by atoms with Crippen LogP contribution in [-0.4, -0.2) is 10.8 Å². The van der Waals surface area contributed by atoms with Crippen molar-refractivity contribution in [1.29, 1.82) is 5.26 Å². The lowest BCUT2D eigenvalue weighted by molar-refractivity contribution is 0.0927. The van der Waals surface area contributed by atoms with Gasteiger partial charge in [0.1, 0.15) is 5.69 Å². The first-order valence-corrected chi connectivity index (χ1v) is 4.08. The Morgan fingerprint density at radius 1 is 1.69 bits per heavy atom. The fraction of sp³-hybridized carbons (Fsp3) is 0.300. The van der Waals surface area contributed by atoms with Crippen LogP contribution in [0.5, 0.6) is 0 Å². The van der Waals surface area contributed by atoms with E-state index in [0.717, 1.165) is 0 Å². The first-order valence-electron chi connectivity index (χ1n) is 4.08. The summed E-state index contributed by atoms with van der Waals surface area (Å²) < 4.78 is 0. The molecular formula is C10H10N2O. The number of nitriles is 1. The highest BCUT2D eigenvalue weighted by Gasteiger charge is 2.14. The highest BCUT2D eigenvalue weighted by molar-refractivity contribution is 5.95. The number of hydrogen-bond donors (Lipinski definition) is 0. The van der Waals surface area contributed by atoms with Crippen LogP contribution in [-0.2, 0) is 0 Å². The van der Waals surface area contributed by atoms with Gasteiger partial charge in [0.2, 0.25) is 0 Å². The van der Waals surface area contributed by atoms with Gasteiger partial charge in [-0.15, -0.1) is 0 Å². The molecule has 3 nitrogen and oxygen atoms in total. The number of Topliss-reactive ketones (excluding diaryl/α,β-unsaturated/α-hetero) is 1. The predicted octanol–water partition coefficient (Wildman–Crippen LogP) is 1.81. The van der Waals surface area contributed by atoms with Gasteiger partial charge in [-0.1, -0.05) is 13.0 Å². The maximum absolute atomic E-state index is 11.5. The van der Waals surface area contributed by atoms with Crippen molar-refractivity contribution in [3.05, 3.63) is 30.1 Å². The van der Waals surface area contributed by atoms with E-state index in [2.05, 4.69) is 4.98 Å². The lowest BCUT2D eigenvalue weighted by atomic mass is 10.0. The van der Waals surface area contributed by atoms with E-state index in [9.17, 15) is 4.79 Å². The van der Waals surface area contributed by atoms with Gasteiger partial charge in [-0.25, -0.2) is 0 Å². The molecule has 0 saturated carbocycles. The van der Waals surface area contributed by atoms with E-state index in [1.54, 1.807) is 31.3 Å². The Balaban J connectivity index is 2.75. The molecule has 0 saturated heterocycles. The molecule has 1 rings (SSSR count). The maximum atomic E-state index is 11.5. The van der Waals surface area contributed by atoms with Crippen molar-refractivity contribution in [2.24, 2.45) is 5.92 Å². The molecular weight excluding hydrogens is 164 g/mol. The van der Waals surface area contributed by atoms with Gasteiger partial charge in [0.15, 0.2) is 5.78 Å². The Morgan fingerprint density at radius 3 is 3.00 bits per heavy atom. The van der Waals surface area contributed by atoms with E-state index >= 15 is 0 Å². The molecule has 1 unspecified atom stereocenters. The van der Waals surface area contributed by atoms with E-state index in [1.165, 1.54) is 0 Å². The third-order valence-corrected chi connectivity index (χ3v) is 1.76. The molecule has 66 valence electrons. The van der Waals surface area contributed by atoms with Crippen LogP contribution in [0.25, 0.3) is 0 Å². The summed E-state index contributed by atoms with van der Waals surface area (Å²) in [5.74, 6) is -0.331. The molecule has 0 radical (unpaired) electrons. The fourth-order valence-electron chi connectivity index (χ4n) is 0.991. The standard InChI is InChI=1S/C10H10N2O/c1-8(5-6-11)10(13)9-4-2-3-7-12-9/h2-4,7-8H,5H2,1H3. The van der Waals surface area contributed by atoms with E-state index in [4.69, 9.17) is 5.26 Å². The first kappa shape index (κ1) is 9.40. The largest absolute Gasteiger partial charge is 0.292 e. The molecule has 1 aromatic heterocycles. The van der Waals surface area contributed by atoms with Crippen LogP contribution < -0.4 is 0 Å². The SMILES string of the molecule is CC(CC#N)C(=O)c1ccccn1. The number of rotatable bonds is 3. The molecule has 0 amide bonds. The number of hydrogen-bond acceptors (Lipinski definition) is 3. The van der Waals surface area contributed by atoms with Gasteiger partial charge in [-0.2, -0.15) is 5.26 Å². The van der Waals surface area contributed by atoms with Crippen LogP contribution in [0.3, 0.4) is 0 Å². The number of aromatic nitrogens is 1. The summed E-state index contributed by atoms with van der Waals surface area (Å²) in [6.07, 6.45) is 1.82. The summed E-state index contributed by atoms with van der Waals surface area (Å²) in [4.78, 5) is 15.4. The minimum Gasteiger partial charge on any atom is -0.292 e. The number of carbonyl (C=O) groups excluding carboxylic acids is 1. The summed E-state index contributed by atoms with van der Waals surface area (Å²) in [5.41, 5.74) is 0.435. The van der Waals surface area contributed by atoms with Crippen molar-refractivity contribution in [2.75, 3.05) is 0 Å². The van der Waals surface area contributed by atoms with Crippen LogP contribution in [0.4, 0.5) is 0 Å². The molecule has 0 aliphatic heterocycles. The van der Waals surface area contributed by atoms with E-state index < -0.39 is 0 Å². The molecule has 0 aromatic carbocycles. The van der Waals surface area contributed by atoms with Gasteiger partial charge >= 0.3 is 0 Å². The Hall–Kier alpha value is -1.69. The number of carbonyl (C=O) groups is 1. The summed E-state index contributed by atoms with van der Waals surface area (Å²) in [7, 11) is 0. The fourth-order valence-corrected chi connectivity index (χ4v) is 0.991. The first-order chi connectivity index (χ1) is 6.25. The van der Waals surface area contributed by atoms with Crippen molar-refractivity contribution in [3.63, 3.8) is 0 Å². The molecule has 0 fully saturated rings. The minimum atomic E-state index is -0.264. The Bertz CT molecular complexity index is 327. The van der Waals surface area contributed by atoms with Gasteiger partial charge in [0, 0.05) is 18.5 Å². The van der Waals surface area contributed by atoms with Crippen molar-refractivity contribution < 1.29 is 4.79 Å². The minimum absolute atomic E-state index is 0.0675. The Labute approximate surface area is 77.0 Å². The second kappa shape index (κ2) is 4.36. The van der Waals surface area contributed by atoms with Crippen molar-refractivity contribution in [2.45, 2.75) is 13.3 Å². The second-order valence-electron chi connectivity index (χ2n) is 2.84. The van der Waals surface area contributed by atoms with Crippen molar-refractivity contribution in [1.82, 2.24) is 4.98 Å². The second-order valence-corrected chi connectivity index (χ2v) is 2.84. The zero-order valence-corrected chi connectivity index (χ0v) is 7.40. The summed E-state index contributed by atoms with van der Waals surface area (Å²) in [5, 5.41) is 8.41. The van der Waals surface area contributed by atoms with Gasteiger partial charge < -0.3 is 0 Å². The van der Waals surface area contributed by atoms with Crippen molar-refractivity contribution in [3.8, 4) is 6.07 Å². The Kier molecular flexibility index (Phi) is 3.15. The van der Waals surface area contributed by atoms with Gasteiger partial charge in [-0.05, 0) is 12.1 Å². The average molecular weight is 174 g/mol. The number of nitrogens with zero attached hydrogens (tertiary/aromatic N) is 2. The third-order valence-electron chi connectivity index (χ3n) is 1.76. The van der Waals surface area contributed by atoms with Gasteiger partial charge in [0.25, 0.3) is 0 Å². The van der Waals surface area contributed by atoms with E-state index in [-0.39, 0.29) is 18.1 Å². The highest BCUT2D eigenvalue weighted by atomic mass is 16.1. The third kappa shape index (κ3) is 2.38. The van der Waals surface area contributed by atoms with Crippen LogP contribution >= 0.6 is 0 Å². The molecule has 0 aliphatic rings. The van der Waals surface area contributed by atoms with Crippen molar-refractivity contribution >= 4 is 5.78 Å². The average Bonchev–Trinajstić information content (AvgIpc) is 2.18. The van der Waals surface area contributed by atoms with Gasteiger partial charge in [-0.3, -0.25) is 9.78 Å². The zero-order chi connectivity index (χ0) is 9.68. The monoisotopic (exact) mass is 174 g/mol. The molecule has 0 N–H and O–H groups in total. The van der Waals surface area contributed by atoms with Crippen LogP contribution in [0, 0.1) is 17.2 Å². The zero-order valence-electron chi connectivity index (χ0n) is 7.40. The van der Waals surface area contributed by atoms with E-state index in [0.29, 0.717) is 5.69 Å². The predicted molar refractivity (Wildman–Crippen MR) is 48.0 cm³/mol. The topological polar surface area (TPSA) is 53.8 Å². The summed E-state index contributed by atoms with van der Waals surface area (Å²) in [6.45, 7) is 1.74. The van der Waals surface area contributed by atoms with E-state index in [1.807, 2.05) is 6.07 Å². The number of pyridine rings is 1. The van der Waals surface area contributed by atoms with Crippen LogP contribution in [0.2, 0.25) is 0 Å². The summed E-state index contributed by atoms with van der Waals surface area (Å²) >= 11 is 0. The number of ketones is 1. The molecule has 13 heavy (non-hydrogen) atoms. The molecule has 0 spiro atoms. The highest BCUT2D eigenvalue weighted by Crippen LogP contribution is 2.08. The molecule has 0 bridgehead atoms. The maximum Gasteiger partial charge on any atom is 0.184 e. The molecule has 3 heteroatoms. The van der Waals surface area contributed by atoms with Crippen LogP contribution in [0.1, 0.15) is 23.8 Å². The van der Waals surface area contributed by atoms with Gasteiger partial charge in [0.05, 0.1) is 6.07 Å². The molecule has 1 atom stereocenters. The summed E-state index contributed by atoms with van der Waals surface area (Å²) in [6, 6.07) is 7.15. The Morgan fingerprint density at radius 2 is 2.46 bits per heavy atom. The quantitative estimate of drug-likeness (QED) is 0.656. The molecule has 0 aliphatic carbocycles. The molecule has 1 heterocycles. The normalized spacial score (nSPS) is 11.7. The lowest BCUT2D eigenvalue weighted by Crippen LogP contribution is -2.11. The molecule has 1 aromatic rings. The smallest absolute Gasteiger partial charge is 0.184 e. The van der Waals surface area contributed by atoms with Crippen LogP contribution in [0.15, 0.2) is 24.4 Å².